The van der Waals surface area contributed by atoms with E-state index in [2.05, 4.69) is 20.2 Å². The van der Waals surface area contributed by atoms with E-state index in [9.17, 15) is 14.0 Å². The lowest BCUT2D eigenvalue weighted by Gasteiger charge is -2.45. The van der Waals surface area contributed by atoms with Crippen LogP contribution >= 0.6 is 0 Å². The number of ketones is 1. The third-order valence-electron chi connectivity index (χ3n) is 7.53. The monoisotopic (exact) mass is 540 g/mol. The highest BCUT2D eigenvalue weighted by Gasteiger charge is 2.34. The Hall–Kier alpha value is -4.73. The van der Waals surface area contributed by atoms with Crippen molar-refractivity contribution in [3.8, 4) is 16.9 Å². The predicted octanol–water partition coefficient (Wildman–Crippen LogP) is 4.09. The minimum absolute atomic E-state index is 0.0680. The summed E-state index contributed by atoms with van der Waals surface area (Å²) in [5.74, 6) is -0.631. The van der Waals surface area contributed by atoms with Crippen LogP contribution in [0.2, 0.25) is 0 Å². The van der Waals surface area contributed by atoms with E-state index in [0.717, 1.165) is 28.9 Å². The van der Waals surface area contributed by atoms with Crippen LogP contribution in [0.3, 0.4) is 0 Å². The summed E-state index contributed by atoms with van der Waals surface area (Å²) >= 11 is 0. The van der Waals surface area contributed by atoms with Crippen molar-refractivity contribution < 1.29 is 18.7 Å². The van der Waals surface area contributed by atoms with Crippen molar-refractivity contribution in [3.05, 3.63) is 84.2 Å². The summed E-state index contributed by atoms with van der Waals surface area (Å²) < 4.78 is 21.1. The number of anilines is 3. The normalized spacial score (nSPS) is 16.1. The van der Waals surface area contributed by atoms with Gasteiger partial charge in [-0.1, -0.05) is 37.3 Å². The van der Waals surface area contributed by atoms with Gasteiger partial charge in [0.25, 0.3) is 11.7 Å². The number of aryl methyl sites for hydroxylation is 1. The van der Waals surface area contributed by atoms with Crippen molar-refractivity contribution in [1.82, 2.24) is 14.5 Å². The molecule has 2 aliphatic rings. The van der Waals surface area contributed by atoms with E-state index in [1.165, 1.54) is 12.4 Å². The number of halogens is 1. The van der Waals surface area contributed by atoms with Crippen molar-refractivity contribution in [1.29, 1.82) is 0 Å². The van der Waals surface area contributed by atoms with Gasteiger partial charge in [-0.05, 0) is 30.2 Å². The molecule has 1 N–H and O–H groups in total. The minimum Gasteiger partial charge on any atom is -0.489 e. The summed E-state index contributed by atoms with van der Waals surface area (Å²) in [7, 11) is 1.82. The molecule has 10 heteroatoms. The Balaban J connectivity index is 1.18. The molecule has 2 aliphatic heterocycles. The molecule has 4 heterocycles. The molecule has 1 saturated heterocycles. The largest absolute Gasteiger partial charge is 0.489 e. The topological polar surface area (TPSA) is 92.6 Å². The molecule has 0 unspecified atom stereocenters. The number of carbonyl (C=O) groups is 2. The lowest BCUT2D eigenvalue weighted by Crippen LogP contribution is -2.57. The Bertz CT molecular complexity index is 1570. The van der Waals surface area contributed by atoms with Crippen molar-refractivity contribution in [2.75, 3.05) is 41.4 Å². The number of hydrogen-bond donors (Lipinski definition) is 1. The fraction of sp³-hybridized carbons (Fsp3) is 0.267. The van der Waals surface area contributed by atoms with E-state index < -0.39 is 17.5 Å². The van der Waals surface area contributed by atoms with Crippen LogP contribution in [0, 0.1) is 5.82 Å². The molecule has 0 spiro atoms. The van der Waals surface area contributed by atoms with Crippen molar-refractivity contribution >= 4 is 29.0 Å². The summed E-state index contributed by atoms with van der Waals surface area (Å²) in [5.41, 5.74) is 4.36. The molecular formula is C30H29FN6O3. The van der Waals surface area contributed by atoms with E-state index >= 15 is 0 Å². The standard InChI is InChI=1S/C30H29FN6O3/c1-3-22-14-24(19-7-5-4-6-8-19)27(35(22)2)28(38)29(39)34-21-9-10-25-26(13-21)40-18-23-17-36(11-12-37(23)25)30-32-15-20(31)16-33-30/h4-10,13-16,23H,3,11-12,17-18H2,1-2H3,(H,34,39)/t23-/m1/s1. The summed E-state index contributed by atoms with van der Waals surface area (Å²) in [6.07, 6.45) is 3.08. The number of ether oxygens (including phenoxy) is 1. The zero-order valence-corrected chi connectivity index (χ0v) is 22.3. The molecule has 2 aromatic heterocycles. The maximum Gasteiger partial charge on any atom is 0.298 e. The first-order valence-corrected chi connectivity index (χ1v) is 13.3. The van der Waals surface area contributed by atoms with Crippen LogP contribution < -0.4 is 19.9 Å². The third kappa shape index (κ3) is 4.66. The number of amides is 1. The average molecular weight is 541 g/mol. The Morgan fingerprint density at radius 1 is 1.07 bits per heavy atom. The first-order chi connectivity index (χ1) is 19.4. The predicted molar refractivity (Wildman–Crippen MR) is 150 cm³/mol. The highest BCUT2D eigenvalue weighted by Crippen LogP contribution is 2.38. The van der Waals surface area contributed by atoms with E-state index in [0.29, 0.717) is 49.3 Å². The molecule has 0 saturated carbocycles. The molecule has 6 rings (SSSR count). The smallest absolute Gasteiger partial charge is 0.298 e. The molecule has 2 aromatic carbocycles. The Morgan fingerprint density at radius 2 is 1.85 bits per heavy atom. The minimum atomic E-state index is -0.706. The van der Waals surface area contributed by atoms with Crippen LogP contribution in [0.15, 0.2) is 67.0 Å². The van der Waals surface area contributed by atoms with Gasteiger partial charge in [-0.15, -0.1) is 0 Å². The second-order valence-electron chi connectivity index (χ2n) is 9.95. The van der Waals surface area contributed by atoms with Gasteiger partial charge in [-0.25, -0.2) is 14.4 Å². The number of hydrogen-bond acceptors (Lipinski definition) is 7. The highest BCUT2D eigenvalue weighted by atomic mass is 19.1. The Morgan fingerprint density at radius 3 is 2.60 bits per heavy atom. The number of nitrogens with one attached hydrogen (secondary N) is 1. The average Bonchev–Trinajstić information content (AvgIpc) is 3.33. The van der Waals surface area contributed by atoms with Gasteiger partial charge in [0.05, 0.1) is 24.1 Å². The van der Waals surface area contributed by atoms with E-state index in [4.69, 9.17) is 4.74 Å². The number of aromatic nitrogens is 3. The van der Waals surface area contributed by atoms with Crippen molar-refractivity contribution in [3.63, 3.8) is 0 Å². The molecular weight excluding hydrogens is 511 g/mol. The van der Waals surface area contributed by atoms with Crippen molar-refractivity contribution in [2.24, 2.45) is 7.05 Å². The second-order valence-corrected chi connectivity index (χ2v) is 9.95. The zero-order chi connectivity index (χ0) is 27.8. The van der Waals surface area contributed by atoms with Crippen LogP contribution in [0.25, 0.3) is 11.1 Å². The fourth-order valence-electron chi connectivity index (χ4n) is 5.50. The van der Waals surface area contributed by atoms with E-state index in [1.807, 2.05) is 61.3 Å². The fourth-order valence-corrected chi connectivity index (χ4v) is 5.50. The lowest BCUT2D eigenvalue weighted by atomic mass is 10.0. The van der Waals surface area contributed by atoms with Gasteiger partial charge in [0, 0.05) is 49.7 Å². The molecule has 0 aliphatic carbocycles. The summed E-state index contributed by atoms with van der Waals surface area (Å²) in [4.78, 5) is 39.1. The quantitative estimate of drug-likeness (QED) is 0.291. The first-order valence-electron chi connectivity index (χ1n) is 13.3. The second kappa shape index (κ2) is 10.4. The first kappa shape index (κ1) is 25.5. The van der Waals surface area contributed by atoms with Gasteiger partial charge in [0.2, 0.25) is 5.95 Å². The Kier molecular flexibility index (Phi) is 6.67. The molecule has 0 bridgehead atoms. The van der Waals surface area contributed by atoms with Gasteiger partial charge in [0.1, 0.15) is 18.1 Å². The SMILES string of the molecule is CCc1cc(-c2ccccc2)c(C(=O)C(=O)Nc2ccc3c(c2)OC[C@H]2CN(c4ncc(F)cn4)CCN32)n1C. The Labute approximate surface area is 231 Å². The van der Waals surface area contributed by atoms with Gasteiger partial charge in [-0.3, -0.25) is 9.59 Å². The molecule has 9 nitrogen and oxygen atoms in total. The maximum atomic E-state index is 13.4. The third-order valence-corrected chi connectivity index (χ3v) is 7.53. The highest BCUT2D eigenvalue weighted by molar-refractivity contribution is 6.47. The number of fused-ring (bicyclic) bond motifs is 3. The maximum absolute atomic E-state index is 13.4. The molecule has 1 amide bonds. The van der Waals surface area contributed by atoms with Gasteiger partial charge < -0.3 is 24.4 Å². The summed E-state index contributed by atoms with van der Waals surface area (Å²) in [6, 6.07) is 17.1. The van der Waals surface area contributed by atoms with Crippen LogP contribution in [0.5, 0.6) is 5.75 Å². The number of carbonyl (C=O) groups excluding carboxylic acids is 2. The number of piperazine rings is 1. The van der Waals surface area contributed by atoms with Crippen LogP contribution in [0.1, 0.15) is 23.1 Å². The molecule has 1 fully saturated rings. The van der Waals surface area contributed by atoms with Crippen molar-refractivity contribution in [2.45, 2.75) is 19.4 Å². The summed E-state index contributed by atoms with van der Waals surface area (Å²) in [5, 5.41) is 2.77. The van der Waals surface area contributed by atoms with Gasteiger partial charge >= 0.3 is 0 Å². The molecule has 1 atom stereocenters. The van der Waals surface area contributed by atoms with E-state index in [-0.39, 0.29) is 6.04 Å². The number of nitrogens with zero attached hydrogens (tertiary/aromatic N) is 5. The number of rotatable bonds is 6. The van der Waals surface area contributed by atoms with Crippen LogP contribution in [-0.2, 0) is 18.3 Å². The molecule has 204 valence electrons. The van der Waals surface area contributed by atoms with Gasteiger partial charge in [0.15, 0.2) is 5.82 Å². The summed E-state index contributed by atoms with van der Waals surface area (Å²) in [6.45, 7) is 4.48. The number of Topliss-reactive ketones (excluding diaryl/α,β-unsaturated/α-hetero) is 1. The van der Waals surface area contributed by atoms with Gasteiger partial charge in [-0.2, -0.15) is 0 Å². The molecule has 40 heavy (non-hydrogen) atoms. The molecule has 4 aromatic rings. The lowest BCUT2D eigenvalue weighted by molar-refractivity contribution is -0.112. The van der Waals surface area contributed by atoms with Crippen LogP contribution in [0.4, 0.5) is 21.7 Å². The zero-order valence-electron chi connectivity index (χ0n) is 22.3. The van der Waals surface area contributed by atoms with Crippen LogP contribution in [-0.4, -0.2) is 58.5 Å². The molecule has 0 radical (unpaired) electrons. The number of benzene rings is 2. The van der Waals surface area contributed by atoms with E-state index in [1.54, 1.807) is 16.7 Å².